The van der Waals surface area contributed by atoms with Gasteiger partial charge in [-0.15, -0.1) is 0 Å². The van der Waals surface area contributed by atoms with Crippen LogP contribution in [-0.2, 0) is 8.98 Å². The van der Waals surface area contributed by atoms with Gasteiger partial charge < -0.3 is 18.4 Å². The van der Waals surface area contributed by atoms with Crippen molar-refractivity contribution in [3.63, 3.8) is 0 Å². The Kier molecular flexibility index (Phi) is 12.3. The number of carbonyl (C=O) groups excluding carboxylic acids is 1. The Balaban J connectivity index is 2.42. The molecule has 0 radical (unpaired) electrons. The number of ether oxygens (including phenoxy) is 3. The maximum Gasteiger partial charge on any atom is 0.491 e. The van der Waals surface area contributed by atoms with Gasteiger partial charge in [-0.25, -0.2) is 4.79 Å². The molecule has 3 aromatic carbocycles. The molecule has 0 amide bonds. The van der Waals surface area contributed by atoms with Gasteiger partial charge in [-0.2, -0.15) is 13.2 Å². The molecule has 0 heterocycles. The van der Waals surface area contributed by atoms with Crippen LogP contribution in [0.3, 0.4) is 0 Å². The fourth-order valence-electron chi connectivity index (χ4n) is 4.02. The Morgan fingerprint density at radius 1 is 0.683 bits per heavy atom. The molecule has 0 N–H and O–H groups in total. The average Bonchev–Trinajstić information content (AvgIpc) is 2.97. The van der Waals surface area contributed by atoms with Gasteiger partial charge in [0.05, 0.1) is 19.8 Å². The van der Waals surface area contributed by atoms with Crippen molar-refractivity contribution in [3.05, 3.63) is 72.8 Å². The molecule has 0 unspecified atom stereocenters. The predicted molar refractivity (Wildman–Crippen MR) is 155 cm³/mol. The first-order chi connectivity index (χ1) is 19.8. The minimum absolute atomic E-state index is 0.252. The van der Waals surface area contributed by atoms with Crippen molar-refractivity contribution < 1.29 is 36.4 Å². The van der Waals surface area contributed by atoms with E-state index in [1.807, 2.05) is 13.8 Å². The molecule has 0 aliphatic heterocycles. The molecule has 0 saturated carbocycles. The Labute approximate surface area is 242 Å². The second kappa shape index (κ2) is 15.6. The first-order valence-corrected chi connectivity index (χ1v) is 15.6. The van der Waals surface area contributed by atoms with Crippen molar-refractivity contribution in [1.29, 1.82) is 0 Å². The molecule has 0 aromatic heterocycles. The lowest BCUT2D eigenvalue weighted by Gasteiger charge is -2.41. The third-order valence-corrected chi connectivity index (χ3v) is 9.39. The van der Waals surface area contributed by atoms with Crippen LogP contribution in [0.25, 0.3) is 0 Å². The zero-order valence-corrected chi connectivity index (χ0v) is 24.7. The van der Waals surface area contributed by atoms with Crippen LogP contribution >= 0.6 is 10.3 Å². The van der Waals surface area contributed by atoms with Crippen molar-refractivity contribution in [2.24, 2.45) is 0 Å². The fraction of sp³-hybridized carbons (Fsp3) is 0.406. The minimum Gasteiger partial charge on any atom is -0.493 e. The van der Waals surface area contributed by atoms with Crippen LogP contribution in [0.5, 0.6) is 17.2 Å². The highest BCUT2D eigenvalue weighted by Gasteiger charge is 2.49. The van der Waals surface area contributed by atoms with Crippen LogP contribution in [0.2, 0.25) is 0 Å². The van der Waals surface area contributed by atoms with Crippen LogP contribution in [0.4, 0.5) is 13.2 Å². The molecule has 3 rings (SSSR count). The SMILES string of the molecule is CCCCOc1cc(OCCCC)c(S(OC(=O)C(F)(F)F)(c2ccccc2)c2ccccc2)c(OCCCC)c1. The van der Waals surface area contributed by atoms with Crippen molar-refractivity contribution in [2.45, 2.75) is 80.2 Å². The third-order valence-electron chi connectivity index (χ3n) is 6.14. The van der Waals surface area contributed by atoms with Gasteiger partial charge in [-0.05, 0) is 43.5 Å². The van der Waals surface area contributed by atoms with Gasteiger partial charge >= 0.3 is 12.1 Å². The summed E-state index contributed by atoms with van der Waals surface area (Å²) >= 11 is 0. The van der Waals surface area contributed by atoms with Gasteiger partial charge in [0.2, 0.25) is 0 Å². The third kappa shape index (κ3) is 8.35. The Bertz CT molecular complexity index is 1150. The van der Waals surface area contributed by atoms with Crippen LogP contribution in [-0.4, -0.2) is 32.0 Å². The van der Waals surface area contributed by atoms with E-state index in [0.717, 1.165) is 25.7 Å². The molecule has 224 valence electrons. The van der Waals surface area contributed by atoms with Crippen molar-refractivity contribution >= 4 is 16.3 Å². The zero-order valence-electron chi connectivity index (χ0n) is 23.9. The van der Waals surface area contributed by atoms with Crippen LogP contribution < -0.4 is 14.2 Å². The Morgan fingerprint density at radius 2 is 1.10 bits per heavy atom. The van der Waals surface area contributed by atoms with Gasteiger partial charge in [-0.1, -0.05) is 76.4 Å². The van der Waals surface area contributed by atoms with Crippen molar-refractivity contribution in [2.75, 3.05) is 19.8 Å². The number of unbranched alkanes of at least 4 members (excludes halogenated alkanes) is 3. The summed E-state index contributed by atoms with van der Waals surface area (Å²) < 4.78 is 66.0. The molecule has 41 heavy (non-hydrogen) atoms. The highest BCUT2D eigenvalue weighted by Crippen LogP contribution is 2.74. The number of hydrogen-bond donors (Lipinski definition) is 0. The second-order valence-corrected chi connectivity index (χ2v) is 12.0. The summed E-state index contributed by atoms with van der Waals surface area (Å²) in [5.74, 6) is -1.30. The van der Waals surface area contributed by atoms with E-state index in [-0.39, 0.29) is 16.4 Å². The molecule has 5 nitrogen and oxygen atoms in total. The maximum absolute atomic E-state index is 13.9. The van der Waals surface area contributed by atoms with Gasteiger partial charge in [0.15, 0.2) is 0 Å². The highest BCUT2D eigenvalue weighted by atomic mass is 32.3. The second-order valence-electron chi connectivity index (χ2n) is 9.41. The van der Waals surface area contributed by atoms with E-state index in [0.29, 0.717) is 48.2 Å². The first-order valence-electron chi connectivity index (χ1n) is 14.1. The van der Waals surface area contributed by atoms with E-state index in [9.17, 15) is 18.0 Å². The molecule has 0 saturated heterocycles. The Hall–Kier alpha value is -3.33. The molecular formula is C32H39F3O5S. The molecule has 3 aromatic rings. The molecule has 0 aliphatic rings. The van der Waals surface area contributed by atoms with Crippen LogP contribution in [0, 0.1) is 0 Å². The van der Waals surface area contributed by atoms with Crippen LogP contribution in [0.15, 0.2) is 87.5 Å². The standard InChI is InChI=1S/C32H39F3O5S/c1-4-7-20-37-25-23-28(38-21-8-5-2)30(29(24-25)39-22-9-6-3)41(26-16-12-10-13-17-26,27-18-14-11-15-19-27)40-31(36)32(33,34)35/h10-19,23-24H,4-9,20-22H2,1-3H3. The normalized spacial score (nSPS) is 12.0. The monoisotopic (exact) mass is 592 g/mol. The smallest absolute Gasteiger partial charge is 0.491 e. The van der Waals surface area contributed by atoms with Crippen molar-refractivity contribution in [3.8, 4) is 17.2 Å². The van der Waals surface area contributed by atoms with Gasteiger partial charge in [-0.3, -0.25) is 0 Å². The predicted octanol–water partition coefficient (Wildman–Crippen LogP) is 9.53. The van der Waals surface area contributed by atoms with E-state index in [2.05, 4.69) is 6.92 Å². The van der Waals surface area contributed by atoms with Gasteiger partial charge in [0, 0.05) is 32.2 Å². The number of benzene rings is 3. The maximum atomic E-state index is 13.9. The van der Waals surface area contributed by atoms with E-state index in [4.69, 9.17) is 18.4 Å². The minimum atomic E-state index is -5.22. The number of carbonyl (C=O) groups is 1. The van der Waals surface area contributed by atoms with Crippen LogP contribution in [0.1, 0.15) is 59.3 Å². The van der Waals surface area contributed by atoms with E-state index in [1.165, 1.54) is 0 Å². The number of alkyl halides is 3. The summed E-state index contributed by atoms with van der Waals surface area (Å²) in [6, 6.07) is 20.4. The topological polar surface area (TPSA) is 54.0 Å². The molecule has 9 heteroatoms. The lowest BCUT2D eigenvalue weighted by Crippen LogP contribution is -2.28. The van der Waals surface area contributed by atoms with E-state index in [1.54, 1.807) is 72.8 Å². The summed E-state index contributed by atoms with van der Waals surface area (Å²) in [5, 5.41) is 0. The summed E-state index contributed by atoms with van der Waals surface area (Å²) in [5.41, 5.74) is 0. The van der Waals surface area contributed by atoms with Gasteiger partial charge in [0.1, 0.15) is 22.1 Å². The summed E-state index contributed by atoms with van der Waals surface area (Å²) in [6.07, 6.45) is -0.341. The Morgan fingerprint density at radius 3 is 1.49 bits per heavy atom. The molecule has 0 fully saturated rings. The lowest BCUT2D eigenvalue weighted by molar-refractivity contribution is -0.188. The molecule has 0 aliphatic carbocycles. The van der Waals surface area contributed by atoms with E-state index < -0.39 is 22.5 Å². The fourth-order valence-corrected chi connectivity index (χ4v) is 7.24. The number of hydrogen-bond acceptors (Lipinski definition) is 5. The average molecular weight is 593 g/mol. The number of rotatable bonds is 16. The molecule has 0 spiro atoms. The quantitative estimate of drug-likeness (QED) is 0.155. The molecule has 0 bridgehead atoms. The molecule has 0 atom stereocenters. The highest BCUT2D eigenvalue weighted by molar-refractivity contribution is 8.30. The first kappa shape index (κ1) is 32.2. The summed E-state index contributed by atoms with van der Waals surface area (Å²) in [4.78, 5) is 13.8. The summed E-state index contributed by atoms with van der Waals surface area (Å²) in [7, 11) is -3.37. The number of halogens is 3. The zero-order chi connectivity index (χ0) is 29.7. The van der Waals surface area contributed by atoms with Crippen molar-refractivity contribution in [1.82, 2.24) is 0 Å². The molecular weight excluding hydrogens is 553 g/mol. The lowest BCUT2D eigenvalue weighted by atomic mass is 10.2. The van der Waals surface area contributed by atoms with Gasteiger partial charge in [0.25, 0.3) is 0 Å². The summed E-state index contributed by atoms with van der Waals surface area (Å²) in [6.45, 7) is 7.16. The van der Waals surface area contributed by atoms with E-state index >= 15 is 0 Å². The largest absolute Gasteiger partial charge is 0.493 e.